The highest BCUT2D eigenvalue weighted by Gasteiger charge is 2.22. The quantitative estimate of drug-likeness (QED) is 0.876. The third-order valence-corrected chi connectivity index (χ3v) is 3.28. The number of aliphatic hydroxyl groups is 1. The van der Waals surface area contributed by atoms with Gasteiger partial charge in [0.2, 0.25) is 5.91 Å². The van der Waals surface area contributed by atoms with Gasteiger partial charge in [-0.3, -0.25) is 4.79 Å². The lowest BCUT2D eigenvalue weighted by atomic mass is 10.1. The molecule has 1 atom stereocenters. The number of nitrogens with zero attached hydrogens (tertiary/aromatic N) is 1. The molecule has 4 heteroatoms. The van der Waals surface area contributed by atoms with Crippen molar-refractivity contribution in [2.75, 3.05) is 20.2 Å². The Morgan fingerprint density at radius 3 is 3.00 bits per heavy atom. The van der Waals surface area contributed by atoms with Gasteiger partial charge in [0.25, 0.3) is 0 Å². The Bertz CT molecular complexity index is 419. The van der Waals surface area contributed by atoms with Gasteiger partial charge in [0.05, 0.1) is 19.6 Å². The maximum Gasteiger partial charge on any atom is 0.227 e. The van der Waals surface area contributed by atoms with E-state index in [0.717, 1.165) is 30.7 Å². The van der Waals surface area contributed by atoms with E-state index in [1.807, 2.05) is 24.3 Å². The first-order chi connectivity index (χ1) is 8.70. The van der Waals surface area contributed by atoms with Crippen molar-refractivity contribution in [1.82, 2.24) is 4.90 Å². The van der Waals surface area contributed by atoms with E-state index in [-0.39, 0.29) is 12.0 Å². The van der Waals surface area contributed by atoms with Crippen LogP contribution in [0.2, 0.25) is 0 Å². The summed E-state index contributed by atoms with van der Waals surface area (Å²) in [6, 6.07) is 7.54. The molecule has 18 heavy (non-hydrogen) atoms. The zero-order valence-corrected chi connectivity index (χ0v) is 10.6. The minimum atomic E-state index is -0.375. The summed E-state index contributed by atoms with van der Waals surface area (Å²) in [7, 11) is 1.61. The number of aliphatic hydroxyl groups excluding tert-OH is 1. The summed E-state index contributed by atoms with van der Waals surface area (Å²) >= 11 is 0. The molecule has 1 N–H and O–H groups in total. The van der Waals surface area contributed by atoms with Crippen molar-refractivity contribution >= 4 is 5.91 Å². The van der Waals surface area contributed by atoms with Crippen molar-refractivity contribution in [3.63, 3.8) is 0 Å². The Labute approximate surface area is 107 Å². The topological polar surface area (TPSA) is 49.8 Å². The molecule has 1 aliphatic rings. The summed E-state index contributed by atoms with van der Waals surface area (Å²) in [6.07, 6.45) is 1.62. The molecule has 4 nitrogen and oxygen atoms in total. The van der Waals surface area contributed by atoms with Gasteiger partial charge in [0, 0.05) is 18.7 Å². The van der Waals surface area contributed by atoms with Gasteiger partial charge in [-0.2, -0.15) is 0 Å². The number of likely N-dealkylation sites (tertiary alicyclic amines) is 1. The van der Waals surface area contributed by atoms with E-state index in [9.17, 15) is 9.90 Å². The van der Waals surface area contributed by atoms with Gasteiger partial charge in [-0.15, -0.1) is 0 Å². The average Bonchev–Trinajstić information content (AvgIpc) is 2.39. The van der Waals surface area contributed by atoms with Gasteiger partial charge in [-0.05, 0) is 18.9 Å². The first-order valence-corrected chi connectivity index (χ1v) is 6.28. The highest BCUT2D eigenvalue weighted by Crippen LogP contribution is 2.19. The minimum Gasteiger partial charge on any atom is -0.496 e. The fraction of sp³-hybridized carbons (Fsp3) is 0.500. The van der Waals surface area contributed by atoms with Crippen LogP contribution in [0.3, 0.4) is 0 Å². The molecule has 1 aromatic rings. The molecule has 1 aliphatic heterocycles. The van der Waals surface area contributed by atoms with Crippen LogP contribution in [0.1, 0.15) is 18.4 Å². The van der Waals surface area contributed by atoms with Gasteiger partial charge < -0.3 is 14.7 Å². The monoisotopic (exact) mass is 249 g/mol. The summed E-state index contributed by atoms with van der Waals surface area (Å²) in [4.78, 5) is 13.9. The average molecular weight is 249 g/mol. The Morgan fingerprint density at radius 1 is 1.50 bits per heavy atom. The van der Waals surface area contributed by atoms with Crippen molar-refractivity contribution in [2.24, 2.45) is 0 Å². The molecule has 0 aromatic heterocycles. The second-order valence-electron chi connectivity index (χ2n) is 4.62. The number of hydrogen-bond donors (Lipinski definition) is 1. The van der Waals surface area contributed by atoms with Crippen molar-refractivity contribution in [3.8, 4) is 5.75 Å². The summed E-state index contributed by atoms with van der Waals surface area (Å²) < 4.78 is 5.23. The Morgan fingerprint density at radius 2 is 2.28 bits per heavy atom. The van der Waals surface area contributed by atoms with Crippen LogP contribution in [0.25, 0.3) is 0 Å². The number of rotatable bonds is 3. The number of carbonyl (C=O) groups is 1. The molecule has 0 spiro atoms. The fourth-order valence-corrected chi connectivity index (χ4v) is 2.30. The van der Waals surface area contributed by atoms with Crippen LogP contribution >= 0.6 is 0 Å². The van der Waals surface area contributed by atoms with Gasteiger partial charge in [0.1, 0.15) is 5.75 Å². The van der Waals surface area contributed by atoms with Crippen molar-refractivity contribution in [3.05, 3.63) is 29.8 Å². The Kier molecular flexibility index (Phi) is 4.20. The first kappa shape index (κ1) is 12.9. The standard InChI is InChI=1S/C14H19NO3/c1-18-13-7-3-2-5-11(13)9-14(17)15-8-4-6-12(16)10-15/h2-3,5,7,12,16H,4,6,8-10H2,1H3/t12-/m0/s1. The normalized spacial score (nSPS) is 19.7. The smallest absolute Gasteiger partial charge is 0.227 e. The molecule has 0 aliphatic carbocycles. The van der Waals surface area contributed by atoms with Crippen LogP contribution < -0.4 is 4.74 Å². The predicted octanol–water partition coefficient (Wildman–Crippen LogP) is 1.22. The van der Waals surface area contributed by atoms with Gasteiger partial charge >= 0.3 is 0 Å². The molecule has 1 saturated heterocycles. The maximum atomic E-state index is 12.1. The number of β-amino-alcohol motifs (C(OH)–C–C–N with tert-alkyl or cyclic N) is 1. The summed E-state index contributed by atoms with van der Waals surface area (Å²) in [5.74, 6) is 0.793. The van der Waals surface area contributed by atoms with Crippen molar-refractivity contribution < 1.29 is 14.6 Å². The first-order valence-electron chi connectivity index (χ1n) is 6.28. The van der Waals surface area contributed by atoms with Crippen molar-refractivity contribution in [2.45, 2.75) is 25.4 Å². The van der Waals surface area contributed by atoms with E-state index in [0.29, 0.717) is 13.0 Å². The molecular weight excluding hydrogens is 230 g/mol. The van der Waals surface area contributed by atoms with Crippen LogP contribution in [0, 0.1) is 0 Å². The molecule has 1 amide bonds. The van der Waals surface area contributed by atoms with E-state index < -0.39 is 0 Å². The SMILES string of the molecule is COc1ccccc1CC(=O)N1CCC[C@H](O)C1. The number of methoxy groups -OCH3 is 1. The zero-order chi connectivity index (χ0) is 13.0. The largest absolute Gasteiger partial charge is 0.496 e. The van der Waals surface area contributed by atoms with Gasteiger partial charge in [-0.1, -0.05) is 18.2 Å². The Balaban J connectivity index is 2.02. The molecule has 1 fully saturated rings. The lowest BCUT2D eigenvalue weighted by molar-refractivity contribution is -0.133. The van der Waals surface area contributed by atoms with E-state index in [4.69, 9.17) is 4.74 Å². The minimum absolute atomic E-state index is 0.0539. The van der Waals surface area contributed by atoms with Crippen LogP contribution in [-0.4, -0.2) is 42.2 Å². The number of hydrogen-bond acceptors (Lipinski definition) is 3. The van der Waals surface area contributed by atoms with Crippen LogP contribution in [-0.2, 0) is 11.2 Å². The third kappa shape index (κ3) is 3.01. The molecule has 0 radical (unpaired) electrons. The zero-order valence-electron chi connectivity index (χ0n) is 10.6. The number of piperidine rings is 1. The highest BCUT2D eigenvalue weighted by molar-refractivity contribution is 5.79. The summed E-state index contributed by atoms with van der Waals surface area (Å²) in [6.45, 7) is 1.19. The van der Waals surface area contributed by atoms with Gasteiger partial charge in [-0.25, -0.2) is 0 Å². The Hall–Kier alpha value is -1.55. The van der Waals surface area contributed by atoms with E-state index in [1.54, 1.807) is 12.0 Å². The third-order valence-electron chi connectivity index (χ3n) is 3.28. The van der Waals surface area contributed by atoms with Gasteiger partial charge in [0.15, 0.2) is 0 Å². The number of amides is 1. The van der Waals surface area contributed by atoms with Crippen LogP contribution in [0.4, 0.5) is 0 Å². The molecule has 98 valence electrons. The molecule has 1 heterocycles. The van der Waals surface area contributed by atoms with Crippen molar-refractivity contribution in [1.29, 1.82) is 0 Å². The molecule has 1 aromatic carbocycles. The molecule has 0 saturated carbocycles. The van der Waals surface area contributed by atoms with E-state index >= 15 is 0 Å². The fourth-order valence-electron chi connectivity index (χ4n) is 2.30. The number of benzene rings is 1. The maximum absolute atomic E-state index is 12.1. The lowest BCUT2D eigenvalue weighted by Crippen LogP contribution is -2.42. The van der Waals surface area contributed by atoms with Crippen LogP contribution in [0.5, 0.6) is 5.75 Å². The lowest BCUT2D eigenvalue weighted by Gasteiger charge is -2.30. The molecule has 0 bridgehead atoms. The molecule has 0 unspecified atom stereocenters. The van der Waals surface area contributed by atoms with Crippen LogP contribution in [0.15, 0.2) is 24.3 Å². The van der Waals surface area contributed by atoms with E-state index in [1.165, 1.54) is 0 Å². The number of para-hydroxylation sites is 1. The van der Waals surface area contributed by atoms with E-state index in [2.05, 4.69) is 0 Å². The number of carbonyl (C=O) groups excluding carboxylic acids is 1. The summed E-state index contributed by atoms with van der Waals surface area (Å²) in [5, 5.41) is 9.58. The molecular formula is C14H19NO3. The highest BCUT2D eigenvalue weighted by atomic mass is 16.5. The number of ether oxygens (including phenoxy) is 1. The second-order valence-corrected chi connectivity index (χ2v) is 4.62. The second kappa shape index (κ2) is 5.87. The summed E-state index contributed by atoms with van der Waals surface area (Å²) in [5.41, 5.74) is 0.894. The molecule has 2 rings (SSSR count). The predicted molar refractivity (Wildman–Crippen MR) is 68.5 cm³/mol.